The number of hydrogen-bond donors (Lipinski definition) is 3. The molecule has 0 spiro atoms. The molecule has 2 aromatic rings. The van der Waals surface area contributed by atoms with Gasteiger partial charge in [0, 0.05) is 68.1 Å². The van der Waals surface area contributed by atoms with Crippen molar-refractivity contribution in [3.63, 3.8) is 0 Å². The van der Waals surface area contributed by atoms with Crippen molar-refractivity contribution in [3.8, 4) is 11.3 Å². The smallest absolute Gasteiger partial charge is 0.316 e. The first-order valence-corrected chi connectivity index (χ1v) is 21.1. The Morgan fingerprint density at radius 2 is 1.86 bits per heavy atom. The summed E-state index contributed by atoms with van der Waals surface area (Å²) in [5.41, 5.74) is 7.35. The summed E-state index contributed by atoms with van der Waals surface area (Å²) in [6.45, 7) is 16.6. The number of aliphatic hydroxyl groups is 1. The second-order valence-corrected chi connectivity index (χ2v) is 17.3. The number of Topliss-reactive ketones (excluding diaryl/α,β-unsaturated/α-hetero) is 1. The Labute approximate surface area is 349 Å². The lowest BCUT2D eigenvalue weighted by Gasteiger charge is -2.51. The predicted molar refractivity (Wildman–Crippen MR) is 224 cm³/mol. The van der Waals surface area contributed by atoms with Crippen LogP contribution in [0.4, 0.5) is 0 Å². The molecule has 0 saturated carbocycles. The second-order valence-electron chi connectivity index (χ2n) is 17.3. The molecule has 5 rings (SSSR count). The number of ketones is 1. The van der Waals surface area contributed by atoms with E-state index >= 15 is 0 Å². The number of rotatable bonds is 12. The highest BCUT2D eigenvalue weighted by molar-refractivity contribution is 6.01. The van der Waals surface area contributed by atoms with Gasteiger partial charge in [-0.15, -0.1) is 0 Å². The number of nitrogens with one attached hydrogen (secondary N) is 2. The molecule has 2 saturated heterocycles. The molecule has 5 heterocycles. The molecule has 59 heavy (non-hydrogen) atoms. The van der Waals surface area contributed by atoms with Crippen molar-refractivity contribution in [1.29, 1.82) is 0 Å². The van der Waals surface area contributed by atoms with Crippen LogP contribution >= 0.6 is 0 Å². The monoisotopic (exact) mass is 825 g/mol. The van der Waals surface area contributed by atoms with Crippen molar-refractivity contribution in [2.45, 2.75) is 136 Å². The zero-order chi connectivity index (χ0) is 43.2. The van der Waals surface area contributed by atoms with Crippen molar-refractivity contribution in [1.82, 2.24) is 30.3 Å². The number of hydrazine groups is 1. The average Bonchev–Trinajstić information content (AvgIpc) is 3.69. The molecule has 1 unspecified atom stereocenters. The molecule has 3 aliphatic heterocycles. The van der Waals surface area contributed by atoms with Crippen LogP contribution in [0.1, 0.15) is 81.1 Å². The molecule has 2 fully saturated rings. The van der Waals surface area contributed by atoms with Crippen LogP contribution in [0.5, 0.6) is 0 Å². The number of aryl methyl sites for hydroxylation is 1. The van der Waals surface area contributed by atoms with Gasteiger partial charge in [-0.3, -0.25) is 19.6 Å². The van der Waals surface area contributed by atoms with E-state index in [9.17, 15) is 14.7 Å². The summed E-state index contributed by atoms with van der Waals surface area (Å²) < 4.78 is 27.6. The number of pyridine rings is 1. The summed E-state index contributed by atoms with van der Waals surface area (Å²) in [5.74, 6) is -3.02. The van der Waals surface area contributed by atoms with E-state index < -0.39 is 53.5 Å². The summed E-state index contributed by atoms with van der Waals surface area (Å²) in [6.07, 6.45) is 5.79. The number of hydrogen-bond acceptors (Lipinski definition) is 15. The molecule has 0 aliphatic carbocycles. The number of nitrogens with zero attached hydrogens (tertiary/aromatic N) is 6. The maximum Gasteiger partial charge on any atom is 0.316 e. The van der Waals surface area contributed by atoms with Gasteiger partial charge in [-0.2, -0.15) is 0 Å². The number of imidazole rings is 1. The van der Waals surface area contributed by atoms with Crippen LogP contribution in [0.25, 0.3) is 11.3 Å². The minimum absolute atomic E-state index is 0.215. The molecule has 0 aromatic carbocycles. The molecule has 0 amide bonds. The van der Waals surface area contributed by atoms with Crippen LogP contribution in [0, 0.1) is 29.6 Å². The third kappa shape index (κ3) is 10.1. The van der Waals surface area contributed by atoms with Crippen molar-refractivity contribution in [2.24, 2.45) is 39.7 Å². The number of methoxy groups -OCH3 is 1. The van der Waals surface area contributed by atoms with E-state index in [1.165, 1.54) is 7.11 Å². The number of amidine groups is 1. The van der Waals surface area contributed by atoms with Crippen molar-refractivity contribution in [2.75, 3.05) is 34.9 Å². The lowest BCUT2D eigenvalue weighted by molar-refractivity contribution is -0.295. The molecule has 13 atom stereocenters. The molecular formula is C43H68N8O8. The number of cyclic esters (lactones) is 1. The van der Waals surface area contributed by atoms with Crippen LogP contribution < -0.4 is 10.9 Å². The maximum absolute atomic E-state index is 14.4. The van der Waals surface area contributed by atoms with E-state index in [2.05, 4.69) is 44.4 Å². The molecule has 2 aromatic heterocycles. The number of esters is 1. The Morgan fingerprint density at radius 3 is 2.51 bits per heavy atom. The topological polar surface area (TPSA) is 183 Å². The van der Waals surface area contributed by atoms with Crippen molar-refractivity contribution < 1.29 is 38.5 Å². The number of ether oxygens (including phenoxy) is 4. The fourth-order valence-corrected chi connectivity index (χ4v) is 9.41. The SMILES string of the molecule is CC[C@H]1OC(=O)[C@H](C)C(=O)[C@H](C)[C@@H](O[C@@H]2O[C@H](C)C[C@H](N(C)C)[C@H]2O)[C@](C)(OC)C[C@@H](C)/C(=N\OC)[C@H](C)C2C(NNCCCn3cnc(-c4cccnc4)c3)=N[C@@]21C. The Bertz CT molecular complexity index is 1770. The van der Waals surface area contributed by atoms with Gasteiger partial charge in [-0.05, 0) is 79.6 Å². The van der Waals surface area contributed by atoms with E-state index in [1.54, 1.807) is 33.4 Å². The number of oxime groups is 1. The Balaban J connectivity index is 1.41. The van der Waals surface area contributed by atoms with Gasteiger partial charge in [0.15, 0.2) is 12.1 Å². The Hall–Kier alpha value is -3.80. The first-order chi connectivity index (χ1) is 28.0. The van der Waals surface area contributed by atoms with Crippen LogP contribution in [0.3, 0.4) is 0 Å². The van der Waals surface area contributed by atoms with Crippen LogP contribution in [0.15, 0.2) is 47.2 Å². The van der Waals surface area contributed by atoms with Gasteiger partial charge in [0.05, 0.1) is 41.5 Å². The highest BCUT2D eigenvalue weighted by atomic mass is 16.7. The number of aliphatic imine (C=N–C) groups is 1. The van der Waals surface area contributed by atoms with E-state index in [0.717, 1.165) is 29.9 Å². The lowest BCUT2D eigenvalue weighted by Crippen LogP contribution is -2.65. The summed E-state index contributed by atoms with van der Waals surface area (Å²) in [7, 11) is 6.92. The first-order valence-electron chi connectivity index (χ1n) is 21.1. The van der Waals surface area contributed by atoms with Crippen LogP contribution in [-0.2, 0) is 39.9 Å². The first kappa shape index (κ1) is 46.3. The summed E-state index contributed by atoms with van der Waals surface area (Å²) in [6, 6.07) is 3.65. The molecule has 328 valence electrons. The van der Waals surface area contributed by atoms with Gasteiger partial charge in [0.1, 0.15) is 36.6 Å². The predicted octanol–water partition coefficient (Wildman–Crippen LogP) is 4.27. The minimum atomic E-state index is -1.12. The number of carbonyl (C=O) groups excluding carboxylic acids is 2. The van der Waals surface area contributed by atoms with Gasteiger partial charge in [-0.25, -0.2) is 10.4 Å². The van der Waals surface area contributed by atoms with Crippen molar-refractivity contribution >= 4 is 23.3 Å². The highest BCUT2D eigenvalue weighted by Gasteiger charge is 2.57. The van der Waals surface area contributed by atoms with Crippen LogP contribution in [-0.4, -0.2) is 131 Å². The Kier molecular flexibility index (Phi) is 15.5. The van der Waals surface area contributed by atoms with Crippen LogP contribution in [0.2, 0.25) is 0 Å². The maximum atomic E-state index is 14.4. The molecule has 0 radical (unpaired) electrons. The van der Waals surface area contributed by atoms with Gasteiger partial charge >= 0.3 is 5.97 Å². The number of likely N-dealkylation sites (N-methyl/N-ethyl adjacent to an activating group) is 1. The molecule has 3 N–H and O–H groups in total. The highest BCUT2D eigenvalue weighted by Crippen LogP contribution is 2.45. The molecular weight excluding hydrogens is 757 g/mol. The van der Waals surface area contributed by atoms with Crippen molar-refractivity contribution in [3.05, 3.63) is 37.1 Å². The normalized spacial score (nSPS) is 36.6. The molecule has 16 nitrogen and oxygen atoms in total. The standard InChI is InChI=1S/C43H68N8O8/c1-13-33-43(8)34(39(47-43)48-46-18-15-19-51-23-31(45-24-51)30-16-14-17-44-22-30)27(4)35(49-56-12)25(2)21-42(7,55-11)38(28(5)36(52)29(6)40(54)58-33)59-41-37(53)32(50(9)10)20-26(3)57-41/h14,16-17,22-29,32-34,37-38,41,46,53H,13,15,18-21H2,1-12H3,(H,47,48)/b49-35+/t25-,26-,27-,28+,29-,32+,33-,34?,37-,38-,41+,42-,43-/m1/s1. The summed E-state index contributed by atoms with van der Waals surface area (Å²) in [5, 5.41) is 16.1. The second kappa shape index (κ2) is 19.7. The van der Waals surface area contributed by atoms with Gasteiger partial charge in [0.25, 0.3) is 0 Å². The quantitative estimate of drug-likeness (QED) is 0.120. The molecule has 3 aliphatic rings. The lowest BCUT2D eigenvalue weighted by atomic mass is 9.65. The van der Waals surface area contributed by atoms with E-state index in [1.807, 2.05) is 71.3 Å². The third-order valence-corrected chi connectivity index (χ3v) is 12.8. The summed E-state index contributed by atoms with van der Waals surface area (Å²) in [4.78, 5) is 49.6. The largest absolute Gasteiger partial charge is 0.459 e. The van der Waals surface area contributed by atoms with Gasteiger partial charge in [-0.1, -0.05) is 32.9 Å². The number of aliphatic hydroxyl groups excluding tert-OH is 1. The van der Waals surface area contributed by atoms with E-state index in [4.69, 9.17) is 28.8 Å². The molecule has 16 heteroatoms. The number of fused-ring (bicyclic) bond motifs is 1. The van der Waals surface area contributed by atoms with Gasteiger partial charge in [0.2, 0.25) is 0 Å². The zero-order valence-electron chi connectivity index (χ0n) is 37.0. The minimum Gasteiger partial charge on any atom is -0.459 e. The molecule has 0 bridgehead atoms. The average molecular weight is 825 g/mol. The fraction of sp³-hybridized carbons (Fsp3) is 0.721. The fourth-order valence-electron chi connectivity index (χ4n) is 9.41. The van der Waals surface area contributed by atoms with E-state index in [0.29, 0.717) is 31.6 Å². The summed E-state index contributed by atoms with van der Waals surface area (Å²) >= 11 is 0. The number of aromatic nitrogens is 3. The van der Waals surface area contributed by atoms with Gasteiger partial charge < -0.3 is 43.8 Å². The third-order valence-electron chi connectivity index (χ3n) is 12.8. The van der Waals surface area contributed by atoms with E-state index in [-0.39, 0.29) is 35.7 Å². The number of carbonyl (C=O) groups is 2. The zero-order valence-corrected chi connectivity index (χ0v) is 37.0. The Morgan fingerprint density at radius 1 is 1.12 bits per heavy atom.